The Morgan fingerprint density at radius 2 is 1.34 bits per heavy atom. The van der Waals surface area contributed by atoms with Crippen molar-refractivity contribution in [2.75, 3.05) is 19.6 Å². The molecule has 0 saturated carbocycles. The Balaban J connectivity index is 1.80. The molecule has 3 heteroatoms. The number of unbranched alkanes of at least 4 members (excludes halogenated alkanes) is 10. The standard InChI is InChI=1S/C26H44N2O/c1-3-5-7-9-11-13-19-28(20-14-12-10-8-6-4-2)21-18-23-22-27-24-16-15-17-25(29)26(23)24/h15-17,22,27,29H,3-14,18-21H2,1-2H3. The van der Waals surface area contributed by atoms with Crippen LogP contribution in [0.4, 0.5) is 0 Å². The van der Waals surface area contributed by atoms with E-state index < -0.39 is 0 Å². The minimum absolute atomic E-state index is 0.400. The number of rotatable bonds is 17. The average molecular weight is 401 g/mol. The first-order valence-electron chi connectivity index (χ1n) is 12.3. The van der Waals surface area contributed by atoms with E-state index in [0.717, 1.165) is 23.9 Å². The fourth-order valence-corrected chi connectivity index (χ4v) is 4.28. The lowest BCUT2D eigenvalue weighted by molar-refractivity contribution is 0.263. The van der Waals surface area contributed by atoms with E-state index in [9.17, 15) is 5.11 Å². The summed E-state index contributed by atoms with van der Waals surface area (Å²) < 4.78 is 0. The number of phenols is 1. The van der Waals surface area contributed by atoms with Crippen LogP contribution in [0, 0.1) is 0 Å². The summed E-state index contributed by atoms with van der Waals surface area (Å²) in [4.78, 5) is 5.98. The van der Waals surface area contributed by atoms with Gasteiger partial charge in [0, 0.05) is 23.6 Å². The largest absolute Gasteiger partial charge is 0.507 e. The van der Waals surface area contributed by atoms with Crippen molar-refractivity contribution in [3.8, 4) is 5.75 Å². The molecule has 0 bridgehead atoms. The molecular formula is C26H44N2O. The number of aromatic amines is 1. The van der Waals surface area contributed by atoms with Crippen LogP contribution in [0.15, 0.2) is 24.4 Å². The highest BCUT2D eigenvalue weighted by molar-refractivity contribution is 5.88. The van der Waals surface area contributed by atoms with Gasteiger partial charge in [-0.1, -0.05) is 84.1 Å². The van der Waals surface area contributed by atoms with Crippen LogP contribution >= 0.6 is 0 Å². The molecule has 1 aromatic carbocycles. The van der Waals surface area contributed by atoms with E-state index in [2.05, 4.69) is 29.9 Å². The lowest BCUT2D eigenvalue weighted by Crippen LogP contribution is -2.28. The van der Waals surface area contributed by atoms with Crippen LogP contribution in [0.5, 0.6) is 5.75 Å². The Morgan fingerprint density at radius 1 is 0.759 bits per heavy atom. The molecule has 29 heavy (non-hydrogen) atoms. The van der Waals surface area contributed by atoms with E-state index in [0.29, 0.717) is 5.75 Å². The van der Waals surface area contributed by atoms with Crippen molar-refractivity contribution < 1.29 is 5.11 Å². The van der Waals surface area contributed by atoms with Crippen LogP contribution in [-0.2, 0) is 6.42 Å². The van der Waals surface area contributed by atoms with E-state index in [-0.39, 0.29) is 0 Å². The molecule has 2 N–H and O–H groups in total. The number of benzene rings is 1. The van der Waals surface area contributed by atoms with Gasteiger partial charge in [-0.25, -0.2) is 0 Å². The molecule has 0 atom stereocenters. The second kappa shape index (κ2) is 14.5. The van der Waals surface area contributed by atoms with Crippen molar-refractivity contribution in [1.82, 2.24) is 9.88 Å². The number of nitrogens with one attached hydrogen (secondary N) is 1. The van der Waals surface area contributed by atoms with Gasteiger partial charge in [-0.05, 0) is 50.0 Å². The molecule has 2 rings (SSSR count). The van der Waals surface area contributed by atoms with Crippen LogP contribution in [-0.4, -0.2) is 34.6 Å². The van der Waals surface area contributed by atoms with Crippen molar-refractivity contribution in [3.05, 3.63) is 30.0 Å². The van der Waals surface area contributed by atoms with Gasteiger partial charge >= 0.3 is 0 Å². The molecule has 0 saturated heterocycles. The molecule has 1 aromatic heterocycles. The highest BCUT2D eigenvalue weighted by Gasteiger charge is 2.11. The third kappa shape index (κ3) is 8.82. The monoisotopic (exact) mass is 400 g/mol. The van der Waals surface area contributed by atoms with Crippen LogP contribution in [0.2, 0.25) is 0 Å². The molecule has 0 aliphatic rings. The molecule has 0 aliphatic carbocycles. The summed E-state index contributed by atoms with van der Waals surface area (Å²) in [6, 6.07) is 5.74. The van der Waals surface area contributed by atoms with Crippen LogP contribution in [0.1, 0.15) is 96.5 Å². The number of hydrogen-bond donors (Lipinski definition) is 2. The van der Waals surface area contributed by atoms with Gasteiger partial charge in [-0.2, -0.15) is 0 Å². The summed E-state index contributed by atoms with van der Waals surface area (Å²) in [6.45, 7) is 8.09. The molecule has 0 radical (unpaired) electrons. The van der Waals surface area contributed by atoms with Crippen molar-refractivity contribution in [2.24, 2.45) is 0 Å². The van der Waals surface area contributed by atoms with E-state index in [4.69, 9.17) is 0 Å². The lowest BCUT2D eigenvalue weighted by atomic mass is 10.1. The summed E-state index contributed by atoms with van der Waals surface area (Å²) in [5.41, 5.74) is 2.28. The Kier molecular flexibility index (Phi) is 11.9. The maximum Gasteiger partial charge on any atom is 0.125 e. The van der Waals surface area contributed by atoms with Crippen LogP contribution < -0.4 is 0 Å². The number of hydrogen-bond acceptors (Lipinski definition) is 2. The van der Waals surface area contributed by atoms with Gasteiger partial charge in [0.05, 0.1) is 0 Å². The molecule has 0 unspecified atom stereocenters. The van der Waals surface area contributed by atoms with Gasteiger partial charge in [0.15, 0.2) is 0 Å². The summed E-state index contributed by atoms with van der Waals surface area (Å²) in [7, 11) is 0. The zero-order chi connectivity index (χ0) is 20.7. The number of aromatic nitrogens is 1. The molecule has 1 heterocycles. The third-order valence-corrected chi connectivity index (χ3v) is 6.12. The predicted molar refractivity (Wildman–Crippen MR) is 127 cm³/mol. The fraction of sp³-hybridized carbons (Fsp3) is 0.692. The van der Waals surface area contributed by atoms with Gasteiger partial charge < -0.3 is 15.0 Å². The van der Waals surface area contributed by atoms with Gasteiger partial charge in [0.2, 0.25) is 0 Å². The molecule has 0 fully saturated rings. The zero-order valence-electron chi connectivity index (χ0n) is 19.0. The van der Waals surface area contributed by atoms with E-state index in [1.54, 1.807) is 6.07 Å². The number of phenolic OH excluding ortho intramolecular Hbond substituents is 1. The van der Waals surface area contributed by atoms with Gasteiger partial charge in [-0.15, -0.1) is 0 Å². The third-order valence-electron chi connectivity index (χ3n) is 6.12. The summed E-state index contributed by atoms with van der Waals surface area (Å²) in [5.74, 6) is 0.400. The molecule has 0 spiro atoms. The summed E-state index contributed by atoms with van der Waals surface area (Å²) in [6.07, 6.45) is 19.4. The SMILES string of the molecule is CCCCCCCCN(CCCCCCCC)CCc1c[nH]c2cccc(O)c12. The highest BCUT2D eigenvalue weighted by atomic mass is 16.3. The number of H-pyrrole nitrogens is 1. The molecule has 3 nitrogen and oxygen atoms in total. The van der Waals surface area contributed by atoms with Crippen molar-refractivity contribution in [3.63, 3.8) is 0 Å². The minimum Gasteiger partial charge on any atom is -0.507 e. The van der Waals surface area contributed by atoms with Crippen molar-refractivity contribution in [2.45, 2.75) is 97.3 Å². The first-order chi connectivity index (χ1) is 14.3. The summed E-state index contributed by atoms with van der Waals surface area (Å²) >= 11 is 0. The fourth-order valence-electron chi connectivity index (χ4n) is 4.28. The topological polar surface area (TPSA) is 39.3 Å². The number of fused-ring (bicyclic) bond motifs is 1. The molecule has 164 valence electrons. The van der Waals surface area contributed by atoms with E-state index >= 15 is 0 Å². The predicted octanol–water partition coefficient (Wildman–Crippen LogP) is 7.44. The molecular weight excluding hydrogens is 356 g/mol. The number of aromatic hydroxyl groups is 1. The molecule has 2 aromatic rings. The van der Waals surface area contributed by atoms with Crippen LogP contribution in [0.25, 0.3) is 10.9 Å². The van der Waals surface area contributed by atoms with Crippen molar-refractivity contribution in [1.29, 1.82) is 0 Å². The Morgan fingerprint density at radius 3 is 1.97 bits per heavy atom. The van der Waals surface area contributed by atoms with Crippen molar-refractivity contribution >= 4 is 10.9 Å². The minimum atomic E-state index is 0.400. The second-order valence-electron chi connectivity index (χ2n) is 8.64. The first kappa shape index (κ1) is 23.8. The van der Waals surface area contributed by atoms with Gasteiger partial charge in [0.25, 0.3) is 0 Å². The first-order valence-corrected chi connectivity index (χ1v) is 12.3. The number of nitrogens with zero attached hydrogens (tertiary/aromatic N) is 1. The average Bonchev–Trinajstić information content (AvgIpc) is 3.15. The van der Waals surface area contributed by atoms with Gasteiger partial charge in [-0.3, -0.25) is 0 Å². The van der Waals surface area contributed by atoms with E-state index in [1.165, 1.54) is 95.7 Å². The van der Waals surface area contributed by atoms with E-state index in [1.807, 2.05) is 12.1 Å². The van der Waals surface area contributed by atoms with Gasteiger partial charge in [0.1, 0.15) is 5.75 Å². The maximum absolute atomic E-state index is 10.3. The quantitative estimate of drug-likeness (QED) is 0.271. The lowest BCUT2D eigenvalue weighted by Gasteiger charge is -2.22. The molecule has 0 amide bonds. The maximum atomic E-state index is 10.3. The second-order valence-corrected chi connectivity index (χ2v) is 8.64. The smallest absolute Gasteiger partial charge is 0.125 e. The Labute approximate surface area is 178 Å². The Hall–Kier alpha value is -1.48. The normalized spacial score (nSPS) is 11.7. The highest BCUT2D eigenvalue weighted by Crippen LogP contribution is 2.28. The van der Waals surface area contributed by atoms with Crippen LogP contribution in [0.3, 0.4) is 0 Å². The Bertz CT molecular complexity index is 648. The summed E-state index contributed by atoms with van der Waals surface area (Å²) in [5, 5.41) is 11.3. The molecule has 0 aliphatic heterocycles. The zero-order valence-corrected chi connectivity index (χ0v) is 19.0.